The van der Waals surface area contributed by atoms with Crippen molar-refractivity contribution in [2.45, 2.75) is 55.4 Å². The van der Waals surface area contributed by atoms with Crippen LogP contribution in [0.15, 0.2) is 72.9 Å². The van der Waals surface area contributed by atoms with Gasteiger partial charge < -0.3 is 4.74 Å². The maximum Gasteiger partial charge on any atom is 0.122 e. The first-order chi connectivity index (χ1) is 14.3. The molecule has 0 saturated carbocycles. The van der Waals surface area contributed by atoms with E-state index in [2.05, 4.69) is 83.6 Å². The second kappa shape index (κ2) is 17.0. The molecule has 2 nitrogen and oxygen atoms in total. The Morgan fingerprint density at radius 3 is 1.87 bits per heavy atom. The lowest BCUT2D eigenvalue weighted by atomic mass is 9.92. The highest BCUT2D eigenvalue weighted by Crippen LogP contribution is 2.30. The van der Waals surface area contributed by atoms with Gasteiger partial charge in [-0.1, -0.05) is 68.0 Å². The zero-order valence-electron chi connectivity index (χ0n) is 20.6. The topological polar surface area (TPSA) is 21.6 Å². The SMILES string of the molecule is C=C.C=CN=C(C)c1c(C)cc(OC)c(C)c1C=C(C)C.CC.Cc1ccccc1. The van der Waals surface area contributed by atoms with Gasteiger partial charge in [0.1, 0.15) is 5.75 Å². The number of benzene rings is 2. The number of hydrogen-bond donors (Lipinski definition) is 0. The molecule has 2 rings (SSSR count). The predicted molar refractivity (Wildman–Crippen MR) is 138 cm³/mol. The van der Waals surface area contributed by atoms with Crippen molar-refractivity contribution in [3.05, 3.63) is 95.7 Å². The molecule has 30 heavy (non-hydrogen) atoms. The number of aliphatic imine (C=N–C) groups is 1. The van der Waals surface area contributed by atoms with Crippen LogP contribution in [0.2, 0.25) is 0 Å². The van der Waals surface area contributed by atoms with Crippen molar-refractivity contribution in [1.82, 2.24) is 0 Å². The van der Waals surface area contributed by atoms with E-state index in [1.807, 2.05) is 39.0 Å². The van der Waals surface area contributed by atoms with Gasteiger partial charge in [-0.05, 0) is 64.3 Å². The Balaban J connectivity index is 0. The molecule has 0 radical (unpaired) electrons. The first-order valence-electron chi connectivity index (χ1n) is 10.3. The smallest absolute Gasteiger partial charge is 0.122 e. The largest absolute Gasteiger partial charge is 0.496 e. The second-order valence-electron chi connectivity index (χ2n) is 6.58. The summed E-state index contributed by atoms with van der Waals surface area (Å²) in [5, 5.41) is 0. The molecule has 0 aliphatic carbocycles. The minimum Gasteiger partial charge on any atom is -0.496 e. The van der Waals surface area contributed by atoms with Gasteiger partial charge in [0.05, 0.1) is 7.11 Å². The summed E-state index contributed by atoms with van der Waals surface area (Å²) in [4.78, 5) is 4.33. The van der Waals surface area contributed by atoms with Crippen LogP contribution in [-0.4, -0.2) is 12.8 Å². The number of aryl methyl sites for hydroxylation is 2. The van der Waals surface area contributed by atoms with E-state index in [1.165, 1.54) is 22.3 Å². The van der Waals surface area contributed by atoms with Gasteiger partial charge in [0, 0.05) is 17.5 Å². The molecule has 2 aromatic rings. The number of methoxy groups -OCH3 is 1. The normalized spacial score (nSPS) is 9.43. The first-order valence-corrected chi connectivity index (χ1v) is 10.3. The monoisotopic (exact) mass is 407 g/mol. The average Bonchev–Trinajstić information content (AvgIpc) is 2.74. The molecule has 0 unspecified atom stereocenters. The highest BCUT2D eigenvalue weighted by molar-refractivity contribution is 6.04. The standard InChI is InChI=1S/C17H23NO.C7H8.C2H6.C2H4/c1-8-18-14(6)17-12(4)10-16(19-7)13(5)15(17)9-11(2)3;1-7-5-3-2-4-6-7;2*1-2/h8-10H,1H2,2-7H3;2-6H,1H3;1-2H3;1-2H2. The number of hydrogen-bond acceptors (Lipinski definition) is 2. The van der Waals surface area contributed by atoms with Crippen LogP contribution < -0.4 is 4.74 Å². The molecule has 0 aliphatic heterocycles. The molecule has 164 valence electrons. The minimum absolute atomic E-state index is 0.917. The molecule has 0 heterocycles. The van der Waals surface area contributed by atoms with E-state index in [-0.39, 0.29) is 0 Å². The van der Waals surface area contributed by atoms with Crippen LogP contribution in [0.3, 0.4) is 0 Å². The molecule has 2 aromatic carbocycles. The quantitative estimate of drug-likeness (QED) is 0.367. The van der Waals surface area contributed by atoms with Gasteiger partial charge in [0.15, 0.2) is 0 Å². The predicted octanol–water partition coefficient (Wildman–Crippen LogP) is 8.51. The Hall–Kier alpha value is -2.87. The third kappa shape index (κ3) is 10.1. The molecular formula is C28H41NO. The van der Waals surface area contributed by atoms with Crippen molar-refractivity contribution in [3.63, 3.8) is 0 Å². The molecule has 0 aromatic heterocycles. The van der Waals surface area contributed by atoms with Crippen LogP contribution in [0, 0.1) is 20.8 Å². The Kier molecular flexibility index (Phi) is 16.6. The van der Waals surface area contributed by atoms with Crippen LogP contribution in [-0.2, 0) is 0 Å². The molecule has 0 N–H and O–H groups in total. The maximum atomic E-state index is 5.45. The van der Waals surface area contributed by atoms with E-state index in [4.69, 9.17) is 4.74 Å². The Bertz CT molecular complexity index is 810. The van der Waals surface area contributed by atoms with Crippen molar-refractivity contribution in [1.29, 1.82) is 0 Å². The van der Waals surface area contributed by atoms with Crippen molar-refractivity contribution < 1.29 is 4.74 Å². The van der Waals surface area contributed by atoms with Gasteiger partial charge in [0.2, 0.25) is 0 Å². The lowest BCUT2D eigenvalue weighted by molar-refractivity contribution is 0.411. The van der Waals surface area contributed by atoms with E-state index in [1.54, 1.807) is 13.3 Å². The van der Waals surface area contributed by atoms with E-state index in [0.717, 1.165) is 22.6 Å². The molecule has 0 fully saturated rings. The average molecular weight is 408 g/mol. The molecule has 2 heteroatoms. The third-order valence-corrected chi connectivity index (χ3v) is 4.03. The first kappa shape index (κ1) is 29.3. The Morgan fingerprint density at radius 1 is 0.967 bits per heavy atom. The molecule has 0 amide bonds. The number of ether oxygens (including phenoxy) is 1. The van der Waals surface area contributed by atoms with Crippen LogP contribution >= 0.6 is 0 Å². The Labute approximate surface area is 185 Å². The Morgan fingerprint density at radius 2 is 1.50 bits per heavy atom. The van der Waals surface area contributed by atoms with Crippen molar-refractivity contribution in [2.75, 3.05) is 7.11 Å². The molecule has 0 saturated heterocycles. The van der Waals surface area contributed by atoms with Gasteiger partial charge >= 0.3 is 0 Å². The van der Waals surface area contributed by atoms with Crippen molar-refractivity contribution >= 4 is 11.8 Å². The summed E-state index contributed by atoms with van der Waals surface area (Å²) < 4.78 is 5.45. The number of rotatable bonds is 4. The summed E-state index contributed by atoms with van der Waals surface area (Å²) in [5.41, 5.74) is 8.21. The van der Waals surface area contributed by atoms with Crippen LogP contribution in [0.5, 0.6) is 5.75 Å². The second-order valence-corrected chi connectivity index (χ2v) is 6.58. The van der Waals surface area contributed by atoms with Crippen LogP contribution in [0.25, 0.3) is 6.08 Å². The fraction of sp³-hybridized carbons (Fsp3) is 0.321. The fourth-order valence-corrected chi connectivity index (χ4v) is 2.81. The van der Waals surface area contributed by atoms with Gasteiger partial charge in [-0.2, -0.15) is 0 Å². The fourth-order valence-electron chi connectivity index (χ4n) is 2.81. The van der Waals surface area contributed by atoms with E-state index < -0.39 is 0 Å². The van der Waals surface area contributed by atoms with Crippen LogP contribution in [0.4, 0.5) is 0 Å². The molecule has 0 spiro atoms. The highest BCUT2D eigenvalue weighted by Gasteiger charge is 2.14. The molecule has 0 aliphatic rings. The van der Waals surface area contributed by atoms with E-state index in [0.29, 0.717) is 0 Å². The zero-order chi connectivity index (χ0) is 23.7. The maximum absolute atomic E-state index is 5.45. The van der Waals surface area contributed by atoms with Gasteiger partial charge in [-0.15, -0.1) is 13.2 Å². The third-order valence-electron chi connectivity index (χ3n) is 4.03. The highest BCUT2D eigenvalue weighted by atomic mass is 16.5. The molecular weight excluding hydrogens is 366 g/mol. The van der Waals surface area contributed by atoms with Crippen molar-refractivity contribution in [2.24, 2.45) is 4.99 Å². The summed E-state index contributed by atoms with van der Waals surface area (Å²) in [7, 11) is 1.71. The van der Waals surface area contributed by atoms with E-state index in [9.17, 15) is 0 Å². The van der Waals surface area contributed by atoms with E-state index >= 15 is 0 Å². The summed E-state index contributed by atoms with van der Waals surface area (Å²) >= 11 is 0. The lowest BCUT2D eigenvalue weighted by Gasteiger charge is -2.16. The van der Waals surface area contributed by atoms with Crippen LogP contribution in [0.1, 0.15) is 62.4 Å². The molecule has 0 bridgehead atoms. The lowest BCUT2D eigenvalue weighted by Crippen LogP contribution is -2.05. The number of allylic oxidation sites excluding steroid dienone is 1. The summed E-state index contributed by atoms with van der Waals surface area (Å²) in [6, 6.07) is 12.3. The van der Waals surface area contributed by atoms with Crippen molar-refractivity contribution in [3.8, 4) is 5.75 Å². The van der Waals surface area contributed by atoms with Gasteiger partial charge in [-0.3, -0.25) is 4.99 Å². The summed E-state index contributed by atoms with van der Waals surface area (Å²) in [6.45, 7) is 26.1. The minimum atomic E-state index is 0.917. The zero-order valence-corrected chi connectivity index (χ0v) is 20.6. The summed E-state index contributed by atoms with van der Waals surface area (Å²) in [5.74, 6) is 0.917. The molecule has 0 atom stereocenters. The van der Waals surface area contributed by atoms with Gasteiger partial charge in [-0.25, -0.2) is 0 Å². The van der Waals surface area contributed by atoms with Gasteiger partial charge in [0.25, 0.3) is 0 Å². The number of nitrogens with zero attached hydrogens (tertiary/aromatic N) is 1. The summed E-state index contributed by atoms with van der Waals surface area (Å²) in [6.07, 6.45) is 3.77.